The predicted molar refractivity (Wildman–Crippen MR) is 38.4 cm³/mol. The lowest BCUT2D eigenvalue weighted by Gasteiger charge is -2.16. The third kappa shape index (κ3) is 2.07. The molecular weight excluding hydrogens is 185 g/mol. The van der Waals surface area contributed by atoms with E-state index in [2.05, 4.69) is 4.98 Å². The molecule has 1 rings (SSSR count). The van der Waals surface area contributed by atoms with Gasteiger partial charge in [-0.15, -0.1) is 0 Å². The molecule has 0 spiro atoms. The molecule has 1 atom stereocenters. The minimum Gasteiger partial charge on any atom is -0.325 e. The monoisotopic (exact) mass is 192 g/mol. The standard InChI is InChI=1S/C7H7F3N2O/c1-5(7(8,9)10)12-2-6(3-13)11-4-12/h2-5H,1H3. The first kappa shape index (κ1) is 9.76. The highest BCUT2D eigenvalue weighted by molar-refractivity contribution is 5.70. The lowest BCUT2D eigenvalue weighted by molar-refractivity contribution is -0.162. The average molecular weight is 192 g/mol. The molecule has 6 heteroatoms. The number of alkyl halides is 3. The summed E-state index contributed by atoms with van der Waals surface area (Å²) < 4.78 is 37.2. The first-order chi connectivity index (χ1) is 5.95. The van der Waals surface area contributed by atoms with Crippen molar-refractivity contribution in [2.45, 2.75) is 19.1 Å². The van der Waals surface area contributed by atoms with Crippen molar-refractivity contribution in [1.29, 1.82) is 0 Å². The molecule has 0 aliphatic rings. The van der Waals surface area contributed by atoms with Crippen molar-refractivity contribution in [2.24, 2.45) is 0 Å². The van der Waals surface area contributed by atoms with Crippen LogP contribution in [0.25, 0.3) is 0 Å². The number of hydrogen-bond donors (Lipinski definition) is 0. The molecule has 0 radical (unpaired) electrons. The van der Waals surface area contributed by atoms with Gasteiger partial charge >= 0.3 is 6.18 Å². The first-order valence-electron chi connectivity index (χ1n) is 3.50. The Morgan fingerprint density at radius 3 is 2.62 bits per heavy atom. The van der Waals surface area contributed by atoms with Gasteiger partial charge in [0.05, 0.1) is 6.33 Å². The van der Waals surface area contributed by atoms with E-state index in [4.69, 9.17) is 0 Å². The van der Waals surface area contributed by atoms with E-state index in [1.165, 1.54) is 0 Å². The number of halogens is 3. The van der Waals surface area contributed by atoms with Gasteiger partial charge in [-0.3, -0.25) is 4.79 Å². The number of aromatic nitrogens is 2. The van der Waals surface area contributed by atoms with E-state index in [1.807, 2.05) is 0 Å². The second-order valence-corrected chi connectivity index (χ2v) is 2.58. The number of nitrogens with zero attached hydrogens (tertiary/aromatic N) is 2. The zero-order valence-corrected chi connectivity index (χ0v) is 6.75. The Labute approximate surface area is 72.2 Å². The summed E-state index contributed by atoms with van der Waals surface area (Å²) >= 11 is 0. The lowest BCUT2D eigenvalue weighted by Crippen LogP contribution is -2.22. The van der Waals surface area contributed by atoms with Crippen LogP contribution in [0, 0.1) is 0 Å². The van der Waals surface area contributed by atoms with Gasteiger partial charge < -0.3 is 4.57 Å². The van der Waals surface area contributed by atoms with E-state index in [1.54, 1.807) is 0 Å². The molecule has 0 aromatic carbocycles. The molecule has 72 valence electrons. The zero-order valence-electron chi connectivity index (χ0n) is 6.75. The molecular formula is C7H7F3N2O. The SMILES string of the molecule is CC(n1cnc(C=O)c1)C(F)(F)F. The Balaban J connectivity index is 2.89. The summed E-state index contributed by atoms with van der Waals surface area (Å²) in [5.41, 5.74) is -0.00361. The molecule has 1 aromatic heterocycles. The topological polar surface area (TPSA) is 34.9 Å². The van der Waals surface area contributed by atoms with Crippen LogP contribution in [0.3, 0.4) is 0 Å². The van der Waals surface area contributed by atoms with Crippen LogP contribution < -0.4 is 0 Å². The van der Waals surface area contributed by atoms with Gasteiger partial charge in [-0.2, -0.15) is 13.2 Å². The molecule has 0 N–H and O–H groups in total. The fourth-order valence-corrected chi connectivity index (χ4v) is 0.794. The van der Waals surface area contributed by atoms with Gasteiger partial charge in [0.2, 0.25) is 0 Å². The van der Waals surface area contributed by atoms with Gasteiger partial charge in [0.25, 0.3) is 0 Å². The van der Waals surface area contributed by atoms with Crippen LogP contribution in [0.2, 0.25) is 0 Å². The van der Waals surface area contributed by atoms with Crippen molar-refractivity contribution in [3.63, 3.8) is 0 Å². The minimum atomic E-state index is -4.32. The zero-order chi connectivity index (χ0) is 10.1. The van der Waals surface area contributed by atoms with E-state index < -0.39 is 12.2 Å². The molecule has 0 fully saturated rings. The van der Waals surface area contributed by atoms with E-state index in [0.717, 1.165) is 24.0 Å². The maximum absolute atomic E-state index is 12.1. The van der Waals surface area contributed by atoms with Crippen molar-refractivity contribution in [2.75, 3.05) is 0 Å². The van der Waals surface area contributed by atoms with Gasteiger partial charge in [0.15, 0.2) is 6.29 Å². The van der Waals surface area contributed by atoms with Crippen molar-refractivity contribution in [3.05, 3.63) is 18.2 Å². The van der Waals surface area contributed by atoms with Gasteiger partial charge in [-0.1, -0.05) is 0 Å². The molecule has 3 nitrogen and oxygen atoms in total. The summed E-state index contributed by atoms with van der Waals surface area (Å²) in [5.74, 6) is 0. The summed E-state index contributed by atoms with van der Waals surface area (Å²) in [6, 6.07) is -1.66. The van der Waals surface area contributed by atoms with E-state index in [0.29, 0.717) is 6.29 Å². The average Bonchev–Trinajstić information content (AvgIpc) is 2.48. The van der Waals surface area contributed by atoms with Crippen molar-refractivity contribution in [1.82, 2.24) is 9.55 Å². The number of aldehydes is 1. The number of rotatable bonds is 2. The fourth-order valence-electron chi connectivity index (χ4n) is 0.794. The quantitative estimate of drug-likeness (QED) is 0.670. The number of carbonyl (C=O) groups is 1. The Kier molecular flexibility index (Phi) is 2.40. The predicted octanol–water partition coefficient (Wildman–Crippen LogP) is 1.82. The van der Waals surface area contributed by atoms with Crippen LogP contribution in [0.5, 0.6) is 0 Å². The Morgan fingerprint density at radius 1 is 1.62 bits per heavy atom. The number of hydrogen-bond acceptors (Lipinski definition) is 2. The van der Waals surface area contributed by atoms with Gasteiger partial charge in [0.1, 0.15) is 11.7 Å². The number of carbonyl (C=O) groups excluding carboxylic acids is 1. The number of imidazole rings is 1. The molecule has 0 bridgehead atoms. The maximum atomic E-state index is 12.1. The van der Waals surface area contributed by atoms with Crippen molar-refractivity contribution in [3.8, 4) is 0 Å². The molecule has 0 amide bonds. The highest BCUT2D eigenvalue weighted by Crippen LogP contribution is 2.29. The highest BCUT2D eigenvalue weighted by Gasteiger charge is 2.37. The maximum Gasteiger partial charge on any atom is 0.408 e. The largest absolute Gasteiger partial charge is 0.408 e. The van der Waals surface area contributed by atoms with Crippen LogP contribution in [0.15, 0.2) is 12.5 Å². The molecule has 13 heavy (non-hydrogen) atoms. The molecule has 1 heterocycles. The fraction of sp³-hybridized carbons (Fsp3) is 0.429. The summed E-state index contributed by atoms with van der Waals surface area (Å²) in [7, 11) is 0. The third-order valence-corrected chi connectivity index (χ3v) is 1.66. The molecule has 1 aromatic rings. The van der Waals surface area contributed by atoms with Crippen LogP contribution >= 0.6 is 0 Å². The third-order valence-electron chi connectivity index (χ3n) is 1.66. The highest BCUT2D eigenvalue weighted by atomic mass is 19.4. The first-order valence-corrected chi connectivity index (χ1v) is 3.50. The van der Waals surface area contributed by atoms with E-state index in [-0.39, 0.29) is 5.69 Å². The Hall–Kier alpha value is -1.33. The second-order valence-electron chi connectivity index (χ2n) is 2.58. The summed E-state index contributed by atoms with van der Waals surface area (Å²) in [5, 5.41) is 0. The van der Waals surface area contributed by atoms with Crippen molar-refractivity contribution >= 4 is 6.29 Å². The van der Waals surface area contributed by atoms with Crippen LogP contribution in [0.1, 0.15) is 23.5 Å². The minimum absolute atomic E-state index is 0.00361. The van der Waals surface area contributed by atoms with E-state index in [9.17, 15) is 18.0 Å². The molecule has 0 aliphatic carbocycles. The summed E-state index contributed by atoms with van der Waals surface area (Å²) in [6.07, 6.45) is -1.87. The smallest absolute Gasteiger partial charge is 0.325 e. The van der Waals surface area contributed by atoms with Gasteiger partial charge in [0, 0.05) is 6.20 Å². The van der Waals surface area contributed by atoms with E-state index >= 15 is 0 Å². The second kappa shape index (κ2) is 3.20. The van der Waals surface area contributed by atoms with Gasteiger partial charge in [-0.05, 0) is 6.92 Å². The Morgan fingerprint density at radius 2 is 2.23 bits per heavy atom. The lowest BCUT2D eigenvalue weighted by atomic mass is 10.3. The summed E-state index contributed by atoms with van der Waals surface area (Å²) in [4.78, 5) is 13.6. The molecule has 0 saturated heterocycles. The normalized spacial score (nSPS) is 14.2. The molecule has 0 saturated carbocycles. The van der Waals surface area contributed by atoms with Crippen molar-refractivity contribution < 1.29 is 18.0 Å². The van der Waals surface area contributed by atoms with Gasteiger partial charge in [-0.25, -0.2) is 4.98 Å². The van der Waals surface area contributed by atoms with Crippen LogP contribution in [-0.2, 0) is 0 Å². The van der Waals surface area contributed by atoms with Crippen LogP contribution in [0.4, 0.5) is 13.2 Å². The van der Waals surface area contributed by atoms with Crippen LogP contribution in [-0.4, -0.2) is 22.0 Å². The molecule has 1 unspecified atom stereocenters. The molecule has 0 aliphatic heterocycles. The Bertz CT molecular complexity index is 305. The summed E-state index contributed by atoms with van der Waals surface area (Å²) in [6.45, 7) is 0.996.